The van der Waals surface area contributed by atoms with Crippen LogP contribution in [0.2, 0.25) is 10.0 Å². The molecule has 0 heterocycles. The molecule has 10 heteroatoms. The van der Waals surface area contributed by atoms with Crippen LogP contribution < -0.4 is 9.62 Å². The van der Waals surface area contributed by atoms with Crippen molar-refractivity contribution in [1.82, 2.24) is 10.2 Å². The number of nitrogens with zero attached hydrogens (tertiary/aromatic N) is 2. The topological polar surface area (TPSA) is 86.8 Å². The highest BCUT2D eigenvalue weighted by atomic mass is 35.5. The fraction of sp³-hybridized carbons (Fsp3) is 0.310. The number of anilines is 1. The van der Waals surface area contributed by atoms with Crippen LogP contribution in [0.3, 0.4) is 0 Å². The number of nitrogens with one attached hydrogen (secondary N) is 1. The van der Waals surface area contributed by atoms with Gasteiger partial charge in [0, 0.05) is 28.7 Å². The number of rotatable bonds is 12. The summed E-state index contributed by atoms with van der Waals surface area (Å²) < 4.78 is 28.9. The van der Waals surface area contributed by atoms with Crippen molar-refractivity contribution in [2.45, 2.75) is 51.1 Å². The highest BCUT2D eigenvalue weighted by Crippen LogP contribution is 2.30. The molecule has 1 atom stereocenters. The summed E-state index contributed by atoms with van der Waals surface area (Å²) in [4.78, 5) is 28.4. The normalized spacial score (nSPS) is 12.0. The first kappa shape index (κ1) is 30.5. The molecule has 0 aliphatic rings. The summed E-state index contributed by atoms with van der Waals surface area (Å²) in [6, 6.07) is 19.1. The predicted octanol–water partition coefficient (Wildman–Crippen LogP) is 5.69. The van der Waals surface area contributed by atoms with Crippen LogP contribution in [0.1, 0.15) is 38.3 Å². The second-order valence-corrected chi connectivity index (χ2v) is 11.7. The molecule has 0 saturated carbocycles. The largest absolute Gasteiger partial charge is 0.354 e. The molecule has 208 valence electrons. The number of para-hydroxylation sites is 1. The van der Waals surface area contributed by atoms with Crippen molar-refractivity contribution in [3.8, 4) is 0 Å². The molecule has 0 spiro atoms. The van der Waals surface area contributed by atoms with E-state index in [9.17, 15) is 18.0 Å². The van der Waals surface area contributed by atoms with E-state index in [0.29, 0.717) is 34.3 Å². The third-order valence-electron chi connectivity index (χ3n) is 6.36. The number of hydrogen-bond acceptors (Lipinski definition) is 4. The molecule has 2 amide bonds. The third-order valence-corrected chi connectivity index (χ3v) is 8.84. The SMILES string of the molecule is CCCNC(=O)C(C)N(Cc1c(Cl)cccc1Cl)C(=O)CN(c1ccccc1CC)S(=O)(=O)c1ccccc1. The Morgan fingerprint density at radius 3 is 2.13 bits per heavy atom. The van der Waals surface area contributed by atoms with Gasteiger partial charge in [-0.15, -0.1) is 0 Å². The molecule has 39 heavy (non-hydrogen) atoms. The maximum Gasteiger partial charge on any atom is 0.264 e. The van der Waals surface area contributed by atoms with Crippen LogP contribution in [0.25, 0.3) is 0 Å². The number of amides is 2. The maximum absolute atomic E-state index is 14.0. The average Bonchev–Trinajstić information content (AvgIpc) is 2.94. The second-order valence-electron chi connectivity index (χ2n) is 9.00. The van der Waals surface area contributed by atoms with E-state index in [2.05, 4.69) is 5.32 Å². The molecule has 3 aromatic carbocycles. The number of carbonyl (C=O) groups excluding carboxylic acids is 2. The quantitative estimate of drug-likeness (QED) is 0.294. The molecule has 0 bridgehead atoms. The van der Waals surface area contributed by atoms with Crippen LogP contribution in [0, 0.1) is 0 Å². The van der Waals surface area contributed by atoms with Crippen LogP contribution in [0.15, 0.2) is 77.7 Å². The second kappa shape index (κ2) is 13.8. The van der Waals surface area contributed by atoms with Gasteiger partial charge in [0.1, 0.15) is 12.6 Å². The van der Waals surface area contributed by atoms with Gasteiger partial charge in [-0.2, -0.15) is 0 Å². The lowest BCUT2D eigenvalue weighted by Gasteiger charge is -2.33. The third kappa shape index (κ3) is 7.32. The van der Waals surface area contributed by atoms with E-state index in [1.54, 1.807) is 55.5 Å². The molecule has 1 N–H and O–H groups in total. The Balaban J connectivity index is 2.08. The van der Waals surface area contributed by atoms with E-state index < -0.39 is 28.5 Å². The van der Waals surface area contributed by atoms with E-state index in [0.717, 1.165) is 16.3 Å². The summed E-state index contributed by atoms with van der Waals surface area (Å²) in [6.45, 7) is 5.28. The molecule has 0 saturated heterocycles. The fourth-order valence-electron chi connectivity index (χ4n) is 4.12. The number of halogens is 2. The van der Waals surface area contributed by atoms with E-state index in [1.165, 1.54) is 17.0 Å². The van der Waals surface area contributed by atoms with Gasteiger partial charge in [-0.3, -0.25) is 13.9 Å². The maximum atomic E-state index is 14.0. The predicted molar refractivity (Wildman–Crippen MR) is 157 cm³/mol. The Labute approximate surface area is 240 Å². The van der Waals surface area contributed by atoms with Crippen LogP contribution >= 0.6 is 23.2 Å². The zero-order valence-electron chi connectivity index (χ0n) is 22.2. The lowest BCUT2D eigenvalue weighted by atomic mass is 10.1. The molecular formula is C29H33Cl2N3O4S. The van der Waals surface area contributed by atoms with Crippen LogP contribution in [0.5, 0.6) is 0 Å². The Morgan fingerprint density at radius 1 is 0.897 bits per heavy atom. The van der Waals surface area contributed by atoms with Crippen molar-refractivity contribution in [1.29, 1.82) is 0 Å². The first-order chi connectivity index (χ1) is 18.6. The monoisotopic (exact) mass is 589 g/mol. The van der Waals surface area contributed by atoms with Gasteiger partial charge in [0.25, 0.3) is 10.0 Å². The van der Waals surface area contributed by atoms with Gasteiger partial charge in [0.05, 0.1) is 10.6 Å². The zero-order chi connectivity index (χ0) is 28.6. The summed E-state index contributed by atoms with van der Waals surface area (Å²) in [6.07, 6.45) is 1.28. The average molecular weight is 591 g/mol. The summed E-state index contributed by atoms with van der Waals surface area (Å²) in [5.41, 5.74) is 1.63. The van der Waals surface area contributed by atoms with Gasteiger partial charge < -0.3 is 10.2 Å². The Kier molecular flexibility index (Phi) is 10.8. The Hall–Kier alpha value is -3.07. The molecular weight excluding hydrogens is 557 g/mol. The van der Waals surface area contributed by atoms with Crippen molar-refractivity contribution in [3.05, 3.63) is 94.0 Å². The molecule has 0 fully saturated rings. The molecule has 0 aliphatic heterocycles. The summed E-state index contributed by atoms with van der Waals surface area (Å²) in [5.74, 6) is -0.935. The van der Waals surface area contributed by atoms with Gasteiger partial charge in [-0.1, -0.05) is 79.5 Å². The van der Waals surface area contributed by atoms with E-state index in [1.807, 2.05) is 26.0 Å². The molecule has 0 aliphatic carbocycles. The highest BCUT2D eigenvalue weighted by molar-refractivity contribution is 7.92. The van der Waals surface area contributed by atoms with E-state index >= 15 is 0 Å². The molecule has 3 rings (SSSR count). The van der Waals surface area contributed by atoms with Crippen LogP contribution in [0.4, 0.5) is 5.69 Å². The number of benzene rings is 3. The first-order valence-electron chi connectivity index (χ1n) is 12.8. The lowest BCUT2D eigenvalue weighted by Crippen LogP contribution is -2.51. The number of aryl methyl sites for hydroxylation is 1. The summed E-state index contributed by atoms with van der Waals surface area (Å²) in [7, 11) is -4.13. The van der Waals surface area contributed by atoms with Gasteiger partial charge in [-0.05, 0) is 55.7 Å². The zero-order valence-corrected chi connectivity index (χ0v) is 24.6. The van der Waals surface area contributed by atoms with Crippen molar-refractivity contribution in [2.75, 3.05) is 17.4 Å². The van der Waals surface area contributed by atoms with Crippen LogP contribution in [-0.4, -0.2) is 44.3 Å². The lowest BCUT2D eigenvalue weighted by molar-refractivity contribution is -0.139. The minimum absolute atomic E-state index is 0.0538. The summed E-state index contributed by atoms with van der Waals surface area (Å²) >= 11 is 12.8. The molecule has 7 nitrogen and oxygen atoms in total. The van der Waals surface area contributed by atoms with Crippen molar-refractivity contribution >= 4 is 50.7 Å². The van der Waals surface area contributed by atoms with Gasteiger partial charge in [0.2, 0.25) is 11.8 Å². The molecule has 0 aromatic heterocycles. The highest BCUT2D eigenvalue weighted by Gasteiger charge is 2.33. The number of sulfonamides is 1. The number of hydrogen-bond donors (Lipinski definition) is 1. The minimum atomic E-state index is -4.13. The Morgan fingerprint density at radius 2 is 1.51 bits per heavy atom. The number of carbonyl (C=O) groups is 2. The van der Waals surface area contributed by atoms with E-state index in [4.69, 9.17) is 23.2 Å². The van der Waals surface area contributed by atoms with Crippen molar-refractivity contribution < 1.29 is 18.0 Å². The summed E-state index contributed by atoms with van der Waals surface area (Å²) in [5, 5.41) is 3.49. The molecule has 1 unspecified atom stereocenters. The van der Waals surface area contributed by atoms with Gasteiger partial charge >= 0.3 is 0 Å². The molecule has 0 radical (unpaired) electrons. The van der Waals surface area contributed by atoms with Crippen LogP contribution in [-0.2, 0) is 32.6 Å². The van der Waals surface area contributed by atoms with Gasteiger partial charge in [0.15, 0.2) is 0 Å². The smallest absolute Gasteiger partial charge is 0.264 e. The minimum Gasteiger partial charge on any atom is -0.354 e. The standard InChI is InChI=1S/C29H33Cl2N3O4S/c1-4-18-32-29(36)21(3)33(19-24-25(30)15-11-16-26(24)31)28(35)20-34(27-17-10-9-12-22(27)5-2)39(37,38)23-13-7-6-8-14-23/h6-17,21H,4-5,18-20H2,1-3H3,(H,32,36). The molecule has 3 aromatic rings. The van der Waals surface area contributed by atoms with Crippen molar-refractivity contribution in [2.24, 2.45) is 0 Å². The Bertz CT molecular complexity index is 1380. The first-order valence-corrected chi connectivity index (χ1v) is 15.0. The van der Waals surface area contributed by atoms with Crippen molar-refractivity contribution in [3.63, 3.8) is 0 Å². The van der Waals surface area contributed by atoms with Gasteiger partial charge in [-0.25, -0.2) is 8.42 Å². The van der Waals surface area contributed by atoms with E-state index in [-0.39, 0.29) is 17.3 Å². The fourth-order valence-corrected chi connectivity index (χ4v) is 6.11.